The first-order chi connectivity index (χ1) is 19.9. The number of rotatable bonds is 8. The number of nitrogens with one attached hydrogen (secondary N) is 3. The van der Waals surface area contributed by atoms with Gasteiger partial charge >= 0.3 is 0 Å². The average Bonchev–Trinajstić information content (AvgIpc) is 3.43. The van der Waals surface area contributed by atoms with Crippen molar-refractivity contribution in [2.24, 2.45) is 0 Å². The summed E-state index contributed by atoms with van der Waals surface area (Å²) in [5.74, 6) is -0.135. The molecule has 0 radical (unpaired) electrons. The molecule has 6 nitrogen and oxygen atoms in total. The molecule has 1 heterocycles. The summed E-state index contributed by atoms with van der Waals surface area (Å²) in [6.45, 7) is 4.97. The van der Waals surface area contributed by atoms with Crippen molar-refractivity contribution in [2.75, 3.05) is 41.0 Å². The Morgan fingerprint density at radius 3 is 2.24 bits per heavy atom. The fourth-order valence-electron chi connectivity index (χ4n) is 5.14. The van der Waals surface area contributed by atoms with Crippen molar-refractivity contribution < 1.29 is 4.79 Å². The van der Waals surface area contributed by atoms with Crippen LogP contribution in [0.15, 0.2) is 97.1 Å². The number of carbonyl (C=O) groups excluding carboxylic acids is 1. The average molecular weight is 584 g/mol. The minimum absolute atomic E-state index is 0.135. The van der Waals surface area contributed by atoms with E-state index in [1.165, 1.54) is 5.56 Å². The summed E-state index contributed by atoms with van der Waals surface area (Å²) in [4.78, 5) is 17.4. The van der Waals surface area contributed by atoms with Crippen LogP contribution in [0, 0.1) is 6.92 Å². The Labute approximate surface area is 252 Å². The molecule has 5 rings (SSSR count). The van der Waals surface area contributed by atoms with Crippen LogP contribution < -0.4 is 20.9 Å². The molecule has 1 aliphatic rings. The third-order valence-corrected chi connectivity index (χ3v) is 7.93. The largest absolute Gasteiger partial charge is 0.369 e. The van der Waals surface area contributed by atoms with Crippen molar-refractivity contribution in [1.29, 1.82) is 0 Å². The molecular weight excluding hydrogens is 550 g/mol. The van der Waals surface area contributed by atoms with Gasteiger partial charge in [-0.1, -0.05) is 60.1 Å². The zero-order valence-electron chi connectivity index (χ0n) is 23.2. The Morgan fingerprint density at radius 2 is 1.54 bits per heavy atom. The van der Waals surface area contributed by atoms with E-state index < -0.39 is 0 Å². The molecule has 0 saturated carbocycles. The topological polar surface area (TPSA) is 59.6 Å². The highest BCUT2D eigenvalue weighted by atomic mass is 35.5. The maximum absolute atomic E-state index is 12.6. The maximum Gasteiger partial charge on any atom is 0.255 e. The van der Waals surface area contributed by atoms with Crippen molar-refractivity contribution in [3.8, 4) is 0 Å². The second-order valence-electron chi connectivity index (χ2n) is 10.4. The summed E-state index contributed by atoms with van der Waals surface area (Å²) in [6, 6.07) is 31.9. The third-order valence-electron chi connectivity index (χ3n) is 7.42. The number of nitrogens with zero attached hydrogens (tertiary/aromatic N) is 2. The summed E-state index contributed by atoms with van der Waals surface area (Å²) >= 11 is 12.3. The highest BCUT2D eigenvalue weighted by Crippen LogP contribution is 2.31. The van der Waals surface area contributed by atoms with Gasteiger partial charge in [0.05, 0.1) is 10.7 Å². The Hall–Kier alpha value is -3.91. The molecule has 1 saturated heterocycles. The molecule has 1 aliphatic heterocycles. The van der Waals surface area contributed by atoms with Gasteiger partial charge in [0, 0.05) is 55.3 Å². The molecule has 41 heavy (non-hydrogen) atoms. The van der Waals surface area contributed by atoms with Crippen LogP contribution in [0.25, 0.3) is 0 Å². The van der Waals surface area contributed by atoms with Gasteiger partial charge in [0.2, 0.25) is 0 Å². The molecule has 0 aromatic heterocycles. The van der Waals surface area contributed by atoms with Gasteiger partial charge in [0.15, 0.2) is 5.11 Å². The van der Waals surface area contributed by atoms with Gasteiger partial charge in [-0.15, -0.1) is 0 Å². The van der Waals surface area contributed by atoms with E-state index in [0.29, 0.717) is 27.4 Å². The van der Waals surface area contributed by atoms with E-state index in [1.54, 1.807) is 0 Å². The molecular formula is C33H34ClN5OS. The number of anilines is 4. The van der Waals surface area contributed by atoms with Gasteiger partial charge in [-0.25, -0.2) is 0 Å². The Bertz CT molecular complexity index is 1510. The Kier molecular flexibility index (Phi) is 9.19. The molecule has 1 fully saturated rings. The summed E-state index contributed by atoms with van der Waals surface area (Å²) in [5.41, 5.74) is 6.26. The molecule has 0 bridgehead atoms. The lowest BCUT2D eigenvalue weighted by Crippen LogP contribution is -2.34. The first kappa shape index (κ1) is 28.6. The molecule has 8 heteroatoms. The van der Waals surface area contributed by atoms with Crippen molar-refractivity contribution in [3.63, 3.8) is 0 Å². The van der Waals surface area contributed by atoms with Gasteiger partial charge in [0.25, 0.3) is 5.91 Å². The standard InChI is InChI=1S/C33H34ClN5OS/c1-23-8-6-7-11-29(23)32(40)35-25-12-14-26(15-13-25)36-33(41)37-27-16-17-31(30(34)20-27)38(2)28-18-19-39(22-28)21-24-9-4-3-5-10-24/h3-17,20,28H,18-19,21-22H2,1-2H3,(H,35,40)(H2,36,37,41). The zero-order chi connectivity index (χ0) is 28.8. The van der Waals surface area contributed by atoms with E-state index in [9.17, 15) is 4.79 Å². The van der Waals surface area contributed by atoms with Crippen LogP contribution in [-0.4, -0.2) is 42.1 Å². The quantitative estimate of drug-likeness (QED) is 0.188. The molecule has 210 valence electrons. The van der Waals surface area contributed by atoms with Gasteiger partial charge < -0.3 is 20.9 Å². The van der Waals surface area contributed by atoms with Crippen molar-refractivity contribution >= 4 is 57.6 Å². The third kappa shape index (κ3) is 7.44. The number of halogens is 1. The normalized spacial score (nSPS) is 14.9. The number of hydrogen-bond acceptors (Lipinski definition) is 4. The predicted octanol–water partition coefficient (Wildman–Crippen LogP) is 7.42. The lowest BCUT2D eigenvalue weighted by atomic mass is 10.1. The summed E-state index contributed by atoms with van der Waals surface area (Å²) in [7, 11) is 2.12. The van der Waals surface area contributed by atoms with Crippen LogP contribution in [0.5, 0.6) is 0 Å². The molecule has 1 unspecified atom stereocenters. The molecule has 1 amide bonds. The maximum atomic E-state index is 12.6. The fraction of sp³-hybridized carbons (Fsp3) is 0.212. The smallest absolute Gasteiger partial charge is 0.255 e. The van der Waals surface area contributed by atoms with Crippen LogP contribution in [0.1, 0.15) is 27.9 Å². The zero-order valence-corrected chi connectivity index (χ0v) is 24.8. The summed E-state index contributed by atoms with van der Waals surface area (Å²) in [6.07, 6.45) is 1.10. The van der Waals surface area contributed by atoms with Crippen LogP contribution in [0.4, 0.5) is 22.7 Å². The second kappa shape index (κ2) is 13.2. The molecule has 0 spiro atoms. The van der Waals surface area contributed by atoms with Crippen LogP contribution in [0.3, 0.4) is 0 Å². The van der Waals surface area contributed by atoms with E-state index in [1.807, 2.05) is 73.7 Å². The minimum Gasteiger partial charge on any atom is -0.369 e. The van der Waals surface area contributed by atoms with Gasteiger partial charge in [-0.05, 0) is 85.2 Å². The molecule has 0 aliphatic carbocycles. The molecule has 4 aromatic rings. The van der Waals surface area contributed by atoms with Crippen LogP contribution in [-0.2, 0) is 6.54 Å². The fourth-order valence-corrected chi connectivity index (χ4v) is 5.69. The van der Waals surface area contributed by atoms with Crippen LogP contribution >= 0.6 is 23.8 Å². The number of hydrogen-bond donors (Lipinski definition) is 3. The lowest BCUT2D eigenvalue weighted by Gasteiger charge is -2.28. The van der Waals surface area contributed by atoms with Crippen molar-refractivity contribution in [2.45, 2.75) is 25.9 Å². The second-order valence-corrected chi connectivity index (χ2v) is 11.2. The first-order valence-electron chi connectivity index (χ1n) is 13.7. The summed E-state index contributed by atoms with van der Waals surface area (Å²) < 4.78 is 0. The minimum atomic E-state index is -0.135. The van der Waals surface area contributed by atoms with E-state index in [4.69, 9.17) is 23.8 Å². The van der Waals surface area contributed by atoms with Gasteiger partial charge in [0.1, 0.15) is 0 Å². The number of carbonyl (C=O) groups is 1. The number of likely N-dealkylation sites (N-methyl/N-ethyl adjacent to an activating group) is 1. The Morgan fingerprint density at radius 1 is 0.902 bits per heavy atom. The number of likely N-dealkylation sites (tertiary alicyclic amines) is 1. The number of thiocarbonyl (C=S) groups is 1. The summed E-state index contributed by atoms with van der Waals surface area (Å²) in [5, 5.41) is 10.5. The lowest BCUT2D eigenvalue weighted by molar-refractivity contribution is 0.102. The monoisotopic (exact) mass is 583 g/mol. The van der Waals surface area contributed by atoms with E-state index >= 15 is 0 Å². The van der Waals surface area contributed by atoms with E-state index in [-0.39, 0.29) is 5.91 Å². The van der Waals surface area contributed by atoms with Crippen molar-refractivity contribution in [1.82, 2.24) is 4.90 Å². The van der Waals surface area contributed by atoms with Crippen LogP contribution in [0.2, 0.25) is 5.02 Å². The first-order valence-corrected chi connectivity index (χ1v) is 14.5. The molecule has 1 atom stereocenters. The van der Waals surface area contributed by atoms with Gasteiger partial charge in [-0.2, -0.15) is 0 Å². The van der Waals surface area contributed by atoms with E-state index in [0.717, 1.165) is 48.7 Å². The highest BCUT2D eigenvalue weighted by molar-refractivity contribution is 7.80. The van der Waals surface area contributed by atoms with Gasteiger partial charge in [-0.3, -0.25) is 9.69 Å². The molecule has 3 N–H and O–H groups in total. The number of benzene rings is 4. The molecule has 4 aromatic carbocycles. The van der Waals surface area contributed by atoms with Crippen molar-refractivity contribution in [3.05, 3.63) is 119 Å². The predicted molar refractivity (Wildman–Crippen MR) is 175 cm³/mol. The van der Waals surface area contributed by atoms with E-state index in [2.05, 4.69) is 63.1 Å². The number of aryl methyl sites for hydroxylation is 1. The Balaban J connectivity index is 1.13. The highest BCUT2D eigenvalue weighted by Gasteiger charge is 2.27. The SMILES string of the molecule is Cc1ccccc1C(=O)Nc1ccc(NC(=S)Nc2ccc(N(C)C3CCN(Cc4ccccc4)C3)c(Cl)c2)cc1. The number of amides is 1.